The van der Waals surface area contributed by atoms with Gasteiger partial charge in [0, 0.05) is 20.7 Å². The lowest BCUT2D eigenvalue weighted by atomic mass is 10.2. The number of anilines is 1. The minimum absolute atomic E-state index is 0.523. The molecule has 0 aliphatic heterocycles. The summed E-state index contributed by atoms with van der Waals surface area (Å²) in [6, 6.07) is 9.12. The van der Waals surface area contributed by atoms with Gasteiger partial charge >= 0.3 is 0 Å². The Hall–Kier alpha value is -1.23. The third-order valence-electron chi connectivity index (χ3n) is 2.77. The number of halogens is 3. The molecule has 0 amide bonds. The second-order valence-corrected chi connectivity index (χ2v) is 5.80. The van der Waals surface area contributed by atoms with Crippen LogP contribution >= 0.6 is 39.1 Å². The van der Waals surface area contributed by atoms with Crippen molar-refractivity contribution in [3.05, 3.63) is 44.8 Å². The summed E-state index contributed by atoms with van der Waals surface area (Å²) < 4.78 is 0.855. The van der Waals surface area contributed by atoms with Gasteiger partial charge in [0.1, 0.15) is 11.3 Å². The maximum absolute atomic E-state index is 6.12. The van der Waals surface area contributed by atoms with Crippen LogP contribution in [-0.4, -0.2) is 9.97 Å². The number of hydrogen-bond donors (Lipinski definition) is 2. The van der Waals surface area contributed by atoms with Crippen molar-refractivity contribution in [3.63, 3.8) is 0 Å². The Kier molecular flexibility index (Phi) is 3.17. The van der Waals surface area contributed by atoms with Crippen molar-refractivity contribution in [2.75, 3.05) is 5.73 Å². The van der Waals surface area contributed by atoms with Crippen LogP contribution in [0.3, 0.4) is 0 Å². The Morgan fingerprint density at radius 1 is 1.16 bits per heavy atom. The molecule has 3 nitrogen and oxygen atoms in total. The van der Waals surface area contributed by atoms with E-state index in [-0.39, 0.29) is 0 Å². The van der Waals surface area contributed by atoms with E-state index in [9.17, 15) is 0 Å². The summed E-state index contributed by atoms with van der Waals surface area (Å²) >= 11 is 15.5. The van der Waals surface area contributed by atoms with Gasteiger partial charge < -0.3 is 10.7 Å². The molecule has 19 heavy (non-hydrogen) atoms. The van der Waals surface area contributed by atoms with Gasteiger partial charge in [0.25, 0.3) is 0 Å². The van der Waals surface area contributed by atoms with E-state index in [0.29, 0.717) is 27.1 Å². The molecule has 3 N–H and O–H groups in total. The van der Waals surface area contributed by atoms with Gasteiger partial charge in [0.2, 0.25) is 0 Å². The van der Waals surface area contributed by atoms with Crippen LogP contribution in [0.2, 0.25) is 10.0 Å². The second-order valence-electron chi connectivity index (χ2n) is 4.11. The maximum atomic E-state index is 6.12. The van der Waals surface area contributed by atoms with E-state index in [1.165, 1.54) is 0 Å². The van der Waals surface area contributed by atoms with Crippen LogP contribution in [-0.2, 0) is 0 Å². The smallest absolute Gasteiger partial charge is 0.138 e. The largest absolute Gasteiger partial charge is 0.398 e. The van der Waals surface area contributed by atoms with Crippen molar-refractivity contribution in [1.29, 1.82) is 0 Å². The van der Waals surface area contributed by atoms with Crippen LogP contribution in [0.25, 0.3) is 22.4 Å². The van der Waals surface area contributed by atoms with E-state index >= 15 is 0 Å². The van der Waals surface area contributed by atoms with Crippen molar-refractivity contribution < 1.29 is 0 Å². The number of rotatable bonds is 1. The highest BCUT2D eigenvalue weighted by Gasteiger charge is 2.10. The van der Waals surface area contributed by atoms with Crippen LogP contribution in [0.1, 0.15) is 0 Å². The third kappa shape index (κ3) is 2.31. The zero-order chi connectivity index (χ0) is 13.6. The molecule has 0 saturated heterocycles. The summed E-state index contributed by atoms with van der Waals surface area (Å²) in [6.07, 6.45) is 0. The lowest BCUT2D eigenvalue weighted by Gasteiger charge is -2.00. The SMILES string of the molecule is Nc1cc(-c2nc3c(Cl)cc(Cl)cc3[nH]2)ccc1Br. The number of aromatic nitrogens is 2. The molecule has 0 radical (unpaired) electrons. The van der Waals surface area contributed by atoms with E-state index in [1.54, 1.807) is 12.1 Å². The molecule has 0 aliphatic rings. The van der Waals surface area contributed by atoms with E-state index in [0.717, 1.165) is 15.6 Å². The van der Waals surface area contributed by atoms with Crippen LogP contribution in [0.5, 0.6) is 0 Å². The number of nitrogens with zero attached hydrogens (tertiary/aromatic N) is 1. The molecule has 0 saturated carbocycles. The van der Waals surface area contributed by atoms with Crippen molar-refractivity contribution in [1.82, 2.24) is 9.97 Å². The minimum atomic E-state index is 0.523. The highest BCUT2D eigenvalue weighted by molar-refractivity contribution is 9.10. The molecule has 0 spiro atoms. The van der Waals surface area contributed by atoms with Gasteiger partial charge in [-0.25, -0.2) is 4.98 Å². The van der Waals surface area contributed by atoms with E-state index in [2.05, 4.69) is 25.9 Å². The van der Waals surface area contributed by atoms with Crippen LogP contribution in [0, 0.1) is 0 Å². The standard InChI is InChI=1S/C13H8BrCl2N3/c14-8-2-1-6(3-10(8)17)13-18-11-5-7(15)4-9(16)12(11)19-13/h1-5H,17H2,(H,18,19). The average molecular weight is 357 g/mol. The predicted octanol–water partition coefficient (Wildman–Crippen LogP) is 4.88. The Morgan fingerprint density at radius 3 is 2.68 bits per heavy atom. The lowest BCUT2D eigenvalue weighted by Crippen LogP contribution is -1.88. The molecule has 1 heterocycles. The zero-order valence-corrected chi connectivity index (χ0v) is 12.6. The molecule has 0 atom stereocenters. The summed E-state index contributed by atoms with van der Waals surface area (Å²) in [5.74, 6) is 0.707. The van der Waals surface area contributed by atoms with Gasteiger partial charge in [-0.05, 0) is 46.3 Å². The first kappa shape index (κ1) is 12.8. The molecular formula is C13H8BrCl2N3. The number of H-pyrrole nitrogens is 1. The average Bonchev–Trinajstić information content (AvgIpc) is 2.76. The number of nitrogen functional groups attached to an aromatic ring is 1. The molecule has 96 valence electrons. The zero-order valence-electron chi connectivity index (χ0n) is 9.55. The molecule has 3 aromatic rings. The number of aromatic amines is 1. The molecule has 0 aliphatic carbocycles. The molecule has 1 aromatic heterocycles. The lowest BCUT2D eigenvalue weighted by molar-refractivity contribution is 1.33. The summed E-state index contributed by atoms with van der Waals surface area (Å²) in [6.45, 7) is 0. The molecule has 3 rings (SSSR count). The Bertz CT molecular complexity index is 783. The van der Waals surface area contributed by atoms with E-state index in [1.807, 2.05) is 18.2 Å². The quantitative estimate of drug-likeness (QED) is 0.610. The predicted molar refractivity (Wildman–Crippen MR) is 83.7 cm³/mol. The van der Waals surface area contributed by atoms with Crippen LogP contribution in [0.4, 0.5) is 5.69 Å². The summed E-state index contributed by atoms with van der Waals surface area (Å²) in [7, 11) is 0. The normalized spacial score (nSPS) is 11.1. The molecule has 0 bridgehead atoms. The van der Waals surface area contributed by atoms with E-state index in [4.69, 9.17) is 28.9 Å². The highest BCUT2D eigenvalue weighted by Crippen LogP contribution is 2.30. The second kappa shape index (κ2) is 4.71. The highest BCUT2D eigenvalue weighted by atomic mass is 79.9. The number of fused-ring (bicyclic) bond motifs is 1. The maximum Gasteiger partial charge on any atom is 0.138 e. The van der Waals surface area contributed by atoms with Crippen LogP contribution < -0.4 is 5.73 Å². The topological polar surface area (TPSA) is 54.7 Å². The molecule has 0 fully saturated rings. The monoisotopic (exact) mass is 355 g/mol. The fourth-order valence-electron chi connectivity index (χ4n) is 1.87. The van der Waals surface area contributed by atoms with Gasteiger partial charge in [-0.2, -0.15) is 0 Å². The summed E-state index contributed by atoms with van der Waals surface area (Å²) in [5.41, 5.74) is 8.91. The van der Waals surface area contributed by atoms with Crippen LogP contribution in [0.15, 0.2) is 34.8 Å². The molecule has 2 aromatic carbocycles. The Balaban J connectivity index is 2.20. The van der Waals surface area contributed by atoms with Crippen molar-refractivity contribution in [2.24, 2.45) is 0 Å². The minimum Gasteiger partial charge on any atom is -0.398 e. The van der Waals surface area contributed by atoms with Gasteiger partial charge in [0.15, 0.2) is 0 Å². The van der Waals surface area contributed by atoms with Crippen molar-refractivity contribution in [2.45, 2.75) is 0 Å². The van der Waals surface area contributed by atoms with Gasteiger partial charge in [-0.1, -0.05) is 23.2 Å². The van der Waals surface area contributed by atoms with Crippen molar-refractivity contribution in [3.8, 4) is 11.4 Å². The Labute approximate surface area is 127 Å². The molecule has 0 unspecified atom stereocenters. The number of benzene rings is 2. The first-order chi connectivity index (χ1) is 9.04. The number of hydrogen-bond acceptors (Lipinski definition) is 2. The van der Waals surface area contributed by atoms with E-state index < -0.39 is 0 Å². The Morgan fingerprint density at radius 2 is 1.95 bits per heavy atom. The number of imidazole rings is 1. The van der Waals surface area contributed by atoms with Crippen molar-refractivity contribution >= 4 is 55.9 Å². The first-order valence-corrected chi connectivity index (χ1v) is 6.99. The summed E-state index contributed by atoms with van der Waals surface area (Å²) in [4.78, 5) is 7.67. The number of nitrogens with two attached hydrogens (primary N) is 1. The molecular weight excluding hydrogens is 349 g/mol. The van der Waals surface area contributed by atoms with Gasteiger partial charge in [-0.3, -0.25) is 0 Å². The molecule has 6 heteroatoms. The fraction of sp³-hybridized carbons (Fsp3) is 0. The van der Waals surface area contributed by atoms with Gasteiger partial charge in [0.05, 0.1) is 10.5 Å². The van der Waals surface area contributed by atoms with Gasteiger partial charge in [-0.15, -0.1) is 0 Å². The third-order valence-corrected chi connectivity index (χ3v) is 4.00. The number of nitrogens with one attached hydrogen (secondary N) is 1. The fourth-order valence-corrected chi connectivity index (χ4v) is 2.65. The first-order valence-electron chi connectivity index (χ1n) is 5.45. The summed E-state index contributed by atoms with van der Waals surface area (Å²) in [5, 5.41) is 1.10.